The van der Waals surface area contributed by atoms with Gasteiger partial charge in [-0.3, -0.25) is 14.8 Å². The summed E-state index contributed by atoms with van der Waals surface area (Å²) in [6, 6.07) is 12.0. The summed E-state index contributed by atoms with van der Waals surface area (Å²) in [6.07, 6.45) is 2.58. The summed E-state index contributed by atoms with van der Waals surface area (Å²) in [6.45, 7) is 4.94. The molecule has 0 bridgehead atoms. The molecule has 8 heteroatoms. The number of aryl methyl sites for hydroxylation is 2. The van der Waals surface area contributed by atoms with Crippen LogP contribution in [0.3, 0.4) is 0 Å². The lowest BCUT2D eigenvalue weighted by Gasteiger charge is -2.25. The summed E-state index contributed by atoms with van der Waals surface area (Å²) in [5, 5.41) is 0. The highest BCUT2D eigenvalue weighted by molar-refractivity contribution is 5.86. The maximum atomic E-state index is 13.1. The molecule has 0 saturated heterocycles. The van der Waals surface area contributed by atoms with Gasteiger partial charge in [-0.2, -0.15) is 0 Å². The van der Waals surface area contributed by atoms with E-state index >= 15 is 0 Å². The third kappa shape index (κ3) is 7.21. The summed E-state index contributed by atoms with van der Waals surface area (Å²) < 4.78 is 0. The maximum Gasteiger partial charge on any atom is 0.226 e. The van der Waals surface area contributed by atoms with Crippen LogP contribution in [-0.2, 0) is 17.9 Å². The van der Waals surface area contributed by atoms with Gasteiger partial charge in [0.1, 0.15) is 0 Å². The van der Waals surface area contributed by atoms with Crippen molar-refractivity contribution in [2.24, 2.45) is 11.7 Å². The first-order chi connectivity index (χ1) is 12.0. The number of amides is 1. The largest absolute Gasteiger partial charge is 0.331 e. The summed E-state index contributed by atoms with van der Waals surface area (Å²) in [5.41, 5.74) is 9.74. The van der Waals surface area contributed by atoms with Gasteiger partial charge >= 0.3 is 0 Å². The Balaban J connectivity index is 0.00000243. The van der Waals surface area contributed by atoms with Crippen LogP contribution in [0.2, 0.25) is 0 Å². The smallest absolute Gasteiger partial charge is 0.226 e. The Hall–Kier alpha value is -1.40. The minimum Gasteiger partial charge on any atom is -0.331 e. The predicted molar refractivity (Wildman–Crippen MR) is 119 cm³/mol. The Bertz CT molecular complexity index is 712. The van der Waals surface area contributed by atoms with Gasteiger partial charge in [-0.1, -0.05) is 12.1 Å². The van der Waals surface area contributed by atoms with Gasteiger partial charge in [0.25, 0.3) is 0 Å². The first-order valence-corrected chi connectivity index (χ1v) is 8.90. The molecule has 2 N–H and O–H groups in total. The van der Waals surface area contributed by atoms with E-state index < -0.39 is 0 Å². The van der Waals surface area contributed by atoms with Crippen LogP contribution in [0.25, 0.3) is 0 Å². The minimum atomic E-state index is 0. The van der Waals surface area contributed by atoms with Crippen LogP contribution >= 0.6 is 37.2 Å². The van der Waals surface area contributed by atoms with Crippen LogP contribution in [-0.4, -0.2) is 26.8 Å². The zero-order valence-corrected chi connectivity index (χ0v) is 18.7. The molecule has 0 aliphatic heterocycles. The molecule has 5 nitrogen and oxygen atoms in total. The topological polar surface area (TPSA) is 72.1 Å². The van der Waals surface area contributed by atoms with Crippen molar-refractivity contribution < 1.29 is 4.79 Å². The molecule has 1 aliphatic carbocycles. The number of nitrogens with two attached hydrogens (primary N) is 1. The van der Waals surface area contributed by atoms with E-state index in [2.05, 4.69) is 9.97 Å². The molecule has 1 amide bonds. The molecule has 2 heterocycles. The molecule has 2 aromatic heterocycles. The first-order valence-electron chi connectivity index (χ1n) is 8.90. The standard InChI is InChI=1S/C20H26N4O.3ClH/c1-14-5-3-7-18(22-14)12-24(13-19-8-4-6-15(2)23-19)20(25)16-9-10-17(21)11-16;;;/h3-8,16-17H,9-13,21H2,1-2H3;3*1H. The van der Waals surface area contributed by atoms with Crippen LogP contribution in [0.5, 0.6) is 0 Å². The molecule has 2 unspecified atom stereocenters. The third-order valence-corrected chi connectivity index (χ3v) is 4.73. The fourth-order valence-electron chi connectivity index (χ4n) is 3.48. The molecule has 1 aliphatic rings. The second-order valence-electron chi connectivity index (χ2n) is 7.00. The normalized spacial score (nSPS) is 17.7. The first kappa shape index (κ1) is 26.6. The van der Waals surface area contributed by atoms with Gasteiger partial charge in [0.2, 0.25) is 5.91 Å². The van der Waals surface area contributed by atoms with Crippen molar-refractivity contribution in [2.45, 2.75) is 52.2 Å². The molecule has 1 saturated carbocycles. The Kier molecular flexibility index (Phi) is 11.6. The van der Waals surface area contributed by atoms with E-state index in [9.17, 15) is 4.79 Å². The van der Waals surface area contributed by atoms with Crippen molar-refractivity contribution >= 4 is 43.1 Å². The van der Waals surface area contributed by atoms with E-state index in [0.29, 0.717) is 13.1 Å². The molecule has 0 spiro atoms. The molecular formula is C20H29Cl3N4O. The highest BCUT2D eigenvalue weighted by Gasteiger charge is 2.31. The maximum absolute atomic E-state index is 13.1. The van der Waals surface area contributed by atoms with E-state index in [1.807, 2.05) is 55.1 Å². The van der Waals surface area contributed by atoms with Gasteiger partial charge in [0, 0.05) is 23.3 Å². The van der Waals surface area contributed by atoms with E-state index in [0.717, 1.165) is 42.0 Å². The number of pyridine rings is 2. The van der Waals surface area contributed by atoms with Crippen molar-refractivity contribution in [3.05, 3.63) is 59.2 Å². The fourth-order valence-corrected chi connectivity index (χ4v) is 3.48. The molecule has 0 radical (unpaired) electrons. The minimum absolute atomic E-state index is 0. The molecule has 156 valence electrons. The van der Waals surface area contributed by atoms with Gasteiger partial charge in [0.05, 0.1) is 24.5 Å². The van der Waals surface area contributed by atoms with Crippen molar-refractivity contribution in [3.63, 3.8) is 0 Å². The second-order valence-corrected chi connectivity index (χ2v) is 7.00. The molecular weight excluding hydrogens is 419 g/mol. The van der Waals surface area contributed by atoms with E-state index in [1.165, 1.54) is 0 Å². The quantitative estimate of drug-likeness (QED) is 0.751. The van der Waals surface area contributed by atoms with Crippen LogP contribution < -0.4 is 5.73 Å². The van der Waals surface area contributed by atoms with Crippen molar-refractivity contribution in [1.29, 1.82) is 0 Å². The van der Waals surface area contributed by atoms with E-state index in [-0.39, 0.29) is 55.1 Å². The van der Waals surface area contributed by atoms with Crippen LogP contribution in [0.1, 0.15) is 42.0 Å². The highest BCUT2D eigenvalue weighted by atomic mass is 35.5. The number of halogens is 3. The zero-order chi connectivity index (χ0) is 17.8. The van der Waals surface area contributed by atoms with Crippen LogP contribution in [0, 0.1) is 19.8 Å². The molecule has 0 aromatic carbocycles. The lowest BCUT2D eigenvalue weighted by Crippen LogP contribution is -2.35. The van der Waals surface area contributed by atoms with Crippen LogP contribution in [0.15, 0.2) is 36.4 Å². The van der Waals surface area contributed by atoms with Crippen molar-refractivity contribution in [1.82, 2.24) is 14.9 Å². The molecule has 28 heavy (non-hydrogen) atoms. The van der Waals surface area contributed by atoms with Gasteiger partial charge in [-0.05, 0) is 57.4 Å². The number of hydrogen-bond donors (Lipinski definition) is 1. The number of hydrogen-bond acceptors (Lipinski definition) is 4. The fraction of sp³-hybridized carbons (Fsp3) is 0.450. The summed E-state index contributed by atoms with van der Waals surface area (Å²) >= 11 is 0. The lowest BCUT2D eigenvalue weighted by molar-refractivity contribution is -0.136. The van der Waals surface area contributed by atoms with Gasteiger partial charge in [-0.25, -0.2) is 0 Å². The zero-order valence-electron chi connectivity index (χ0n) is 16.2. The summed E-state index contributed by atoms with van der Waals surface area (Å²) in [7, 11) is 0. The van der Waals surface area contributed by atoms with Gasteiger partial charge in [0.15, 0.2) is 0 Å². The van der Waals surface area contributed by atoms with E-state index in [1.54, 1.807) is 0 Å². The number of aromatic nitrogens is 2. The van der Waals surface area contributed by atoms with Crippen molar-refractivity contribution in [3.8, 4) is 0 Å². The molecule has 1 fully saturated rings. The third-order valence-electron chi connectivity index (χ3n) is 4.73. The average molecular weight is 448 g/mol. The Labute approximate surface area is 185 Å². The second kappa shape index (κ2) is 12.2. The monoisotopic (exact) mass is 446 g/mol. The Morgan fingerprint density at radius 2 is 1.46 bits per heavy atom. The van der Waals surface area contributed by atoms with E-state index in [4.69, 9.17) is 5.73 Å². The van der Waals surface area contributed by atoms with Crippen LogP contribution in [0.4, 0.5) is 0 Å². The highest BCUT2D eigenvalue weighted by Crippen LogP contribution is 2.27. The lowest BCUT2D eigenvalue weighted by atomic mass is 10.1. The number of rotatable bonds is 5. The van der Waals surface area contributed by atoms with Gasteiger partial charge < -0.3 is 10.6 Å². The molecule has 2 atom stereocenters. The Morgan fingerprint density at radius 3 is 1.86 bits per heavy atom. The number of carbonyl (C=O) groups excluding carboxylic acids is 1. The SMILES string of the molecule is Cc1cccc(CN(Cc2cccc(C)n2)C(=O)C2CCC(N)C2)n1.Cl.Cl.Cl. The Morgan fingerprint density at radius 1 is 0.964 bits per heavy atom. The average Bonchev–Trinajstić information content (AvgIpc) is 3.00. The molecule has 2 aromatic rings. The summed E-state index contributed by atoms with van der Waals surface area (Å²) in [5.74, 6) is 0.184. The summed E-state index contributed by atoms with van der Waals surface area (Å²) in [4.78, 5) is 24.1. The number of nitrogens with zero attached hydrogens (tertiary/aromatic N) is 3. The van der Waals surface area contributed by atoms with Gasteiger partial charge in [-0.15, -0.1) is 37.2 Å². The number of carbonyl (C=O) groups is 1. The molecule has 3 rings (SSSR count). The predicted octanol–water partition coefficient (Wildman–Crippen LogP) is 4.02. The van der Waals surface area contributed by atoms with Crippen molar-refractivity contribution in [2.75, 3.05) is 0 Å².